The van der Waals surface area contributed by atoms with Crippen LogP contribution in [0.2, 0.25) is 0 Å². The lowest BCUT2D eigenvalue weighted by Gasteiger charge is -2.12. The van der Waals surface area contributed by atoms with Gasteiger partial charge in [-0.3, -0.25) is 4.79 Å². The quantitative estimate of drug-likeness (QED) is 0.740. The molecule has 0 fully saturated rings. The summed E-state index contributed by atoms with van der Waals surface area (Å²) < 4.78 is 26.9. The number of aromatic nitrogens is 1. The van der Waals surface area contributed by atoms with Crippen molar-refractivity contribution < 1.29 is 18.3 Å². The smallest absolute Gasteiger partial charge is 0.256 e. The molecule has 2 rings (SSSR count). The van der Waals surface area contributed by atoms with Crippen molar-refractivity contribution in [1.82, 2.24) is 9.71 Å². The highest BCUT2D eigenvalue weighted by atomic mass is 32.2. The van der Waals surface area contributed by atoms with Crippen LogP contribution in [0.3, 0.4) is 0 Å². The van der Waals surface area contributed by atoms with Gasteiger partial charge >= 0.3 is 0 Å². The Morgan fingerprint density at radius 3 is 2.50 bits per heavy atom. The van der Waals surface area contributed by atoms with Gasteiger partial charge in [-0.1, -0.05) is 6.92 Å². The minimum Gasteiger partial charge on any atom is -0.504 e. The minimum absolute atomic E-state index is 0.0395. The number of carbonyl (C=O) groups is 1. The zero-order valence-corrected chi connectivity index (χ0v) is 14.2. The SMILES string of the molecule is CC[C@H](C)NS(=O)(=O)c1ccc(C(=O)Nc2ncccc2O)cc1. The van der Waals surface area contributed by atoms with E-state index in [2.05, 4.69) is 15.0 Å². The number of rotatable bonds is 6. The molecule has 0 spiro atoms. The number of nitrogens with one attached hydrogen (secondary N) is 2. The first-order chi connectivity index (χ1) is 11.3. The Bertz CT molecular complexity index is 819. The van der Waals surface area contributed by atoms with Gasteiger partial charge < -0.3 is 10.4 Å². The van der Waals surface area contributed by atoms with Crippen molar-refractivity contribution in [2.24, 2.45) is 0 Å². The molecule has 0 unspecified atom stereocenters. The fourth-order valence-electron chi connectivity index (χ4n) is 1.87. The highest BCUT2D eigenvalue weighted by molar-refractivity contribution is 7.89. The van der Waals surface area contributed by atoms with Crippen LogP contribution in [0, 0.1) is 0 Å². The van der Waals surface area contributed by atoms with E-state index in [0.717, 1.165) is 0 Å². The lowest BCUT2D eigenvalue weighted by molar-refractivity contribution is 0.102. The third-order valence-corrected chi connectivity index (χ3v) is 5.02. The molecule has 2 aromatic rings. The summed E-state index contributed by atoms with van der Waals surface area (Å²) in [6.45, 7) is 3.66. The molecular weight excluding hydrogens is 330 g/mol. The van der Waals surface area contributed by atoms with E-state index in [-0.39, 0.29) is 28.1 Å². The lowest BCUT2D eigenvalue weighted by Crippen LogP contribution is -2.32. The minimum atomic E-state index is -3.61. The van der Waals surface area contributed by atoms with Crippen LogP contribution >= 0.6 is 0 Å². The number of pyridine rings is 1. The largest absolute Gasteiger partial charge is 0.504 e. The summed E-state index contributed by atoms with van der Waals surface area (Å²) in [5.74, 6) is -0.608. The second-order valence-corrected chi connectivity index (χ2v) is 6.99. The van der Waals surface area contributed by atoms with Crippen LogP contribution in [0.15, 0.2) is 47.5 Å². The van der Waals surface area contributed by atoms with Crippen LogP contribution in [-0.2, 0) is 10.0 Å². The first kappa shape index (κ1) is 17.9. The monoisotopic (exact) mass is 349 g/mol. The predicted molar refractivity (Wildman–Crippen MR) is 90.4 cm³/mol. The summed E-state index contributed by atoms with van der Waals surface area (Å²) in [7, 11) is -3.61. The van der Waals surface area contributed by atoms with Crippen LogP contribution < -0.4 is 10.0 Å². The lowest BCUT2D eigenvalue weighted by atomic mass is 10.2. The summed E-state index contributed by atoms with van der Waals surface area (Å²) in [6.07, 6.45) is 2.11. The van der Waals surface area contributed by atoms with Gasteiger partial charge in [-0.05, 0) is 49.7 Å². The number of nitrogens with zero attached hydrogens (tertiary/aromatic N) is 1. The van der Waals surface area contributed by atoms with Crippen molar-refractivity contribution in [2.75, 3.05) is 5.32 Å². The molecule has 8 heteroatoms. The Morgan fingerprint density at radius 2 is 1.92 bits per heavy atom. The van der Waals surface area contributed by atoms with Crippen molar-refractivity contribution in [1.29, 1.82) is 0 Å². The predicted octanol–water partition coefficient (Wildman–Crippen LogP) is 2.12. The molecule has 1 aromatic heterocycles. The summed E-state index contributed by atoms with van der Waals surface area (Å²) >= 11 is 0. The van der Waals surface area contributed by atoms with Crippen molar-refractivity contribution in [3.05, 3.63) is 48.2 Å². The number of sulfonamides is 1. The maximum atomic E-state index is 12.2. The van der Waals surface area contributed by atoms with E-state index in [1.165, 1.54) is 42.6 Å². The summed E-state index contributed by atoms with van der Waals surface area (Å²) in [6, 6.07) is 8.29. The van der Waals surface area contributed by atoms with Crippen molar-refractivity contribution in [3.63, 3.8) is 0 Å². The molecule has 7 nitrogen and oxygen atoms in total. The topological polar surface area (TPSA) is 108 Å². The van der Waals surface area contributed by atoms with Gasteiger partial charge in [0.05, 0.1) is 4.90 Å². The molecule has 1 heterocycles. The Hall–Kier alpha value is -2.45. The van der Waals surface area contributed by atoms with Crippen LogP contribution in [0.4, 0.5) is 5.82 Å². The van der Waals surface area contributed by atoms with Gasteiger partial charge in [0.2, 0.25) is 10.0 Å². The van der Waals surface area contributed by atoms with Gasteiger partial charge in [-0.15, -0.1) is 0 Å². The van der Waals surface area contributed by atoms with E-state index in [4.69, 9.17) is 0 Å². The maximum Gasteiger partial charge on any atom is 0.256 e. The second kappa shape index (κ2) is 7.41. The van der Waals surface area contributed by atoms with Crippen molar-refractivity contribution >= 4 is 21.7 Å². The molecule has 0 saturated heterocycles. The van der Waals surface area contributed by atoms with Crippen LogP contribution in [-0.4, -0.2) is 30.5 Å². The van der Waals surface area contributed by atoms with E-state index in [1.807, 2.05) is 6.92 Å². The van der Waals surface area contributed by atoms with E-state index >= 15 is 0 Å². The zero-order valence-electron chi connectivity index (χ0n) is 13.4. The standard InChI is InChI=1S/C16H19N3O4S/c1-3-11(2)19-24(22,23)13-8-6-12(7-9-13)16(21)18-15-14(20)5-4-10-17-15/h4-11,19-20H,3H2,1-2H3,(H,17,18,21)/t11-/m0/s1. The molecule has 1 aromatic carbocycles. The Labute approximate surface area is 140 Å². The normalized spacial score (nSPS) is 12.6. The molecule has 3 N–H and O–H groups in total. The first-order valence-corrected chi connectivity index (χ1v) is 8.89. The van der Waals surface area contributed by atoms with Crippen molar-refractivity contribution in [3.8, 4) is 5.75 Å². The van der Waals surface area contributed by atoms with Crippen LogP contribution in [0.25, 0.3) is 0 Å². The average Bonchev–Trinajstić information content (AvgIpc) is 2.56. The second-order valence-electron chi connectivity index (χ2n) is 5.28. The number of aromatic hydroxyl groups is 1. The highest BCUT2D eigenvalue weighted by Crippen LogP contribution is 2.19. The summed E-state index contributed by atoms with van der Waals surface area (Å²) in [4.78, 5) is 16.1. The maximum absolute atomic E-state index is 12.2. The van der Waals surface area contributed by atoms with E-state index in [9.17, 15) is 18.3 Å². The van der Waals surface area contributed by atoms with Gasteiger partial charge in [0.15, 0.2) is 11.6 Å². The highest BCUT2D eigenvalue weighted by Gasteiger charge is 2.17. The van der Waals surface area contributed by atoms with Gasteiger partial charge in [0.1, 0.15) is 0 Å². The molecule has 0 aliphatic carbocycles. The van der Waals surface area contributed by atoms with Gasteiger partial charge in [0.25, 0.3) is 5.91 Å². The number of amides is 1. The van der Waals surface area contributed by atoms with Gasteiger partial charge in [0, 0.05) is 17.8 Å². The molecule has 0 aliphatic rings. The van der Waals surface area contributed by atoms with Crippen molar-refractivity contribution in [2.45, 2.75) is 31.2 Å². The summed E-state index contributed by atoms with van der Waals surface area (Å²) in [5, 5.41) is 12.1. The molecule has 1 atom stereocenters. The molecular formula is C16H19N3O4S. The van der Waals surface area contributed by atoms with Crippen LogP contribution in [0.1, 0.15) is 30.6 Å². The molecule has 1 amide bonds. The van der Waals surface area contributed by atoms with E-state index < -0.39 is 15.9 Å². The first-order valence-electron chi connectivity index (χ1n) is 7.41. The Balaban J connectivity index is 2.14. The van der Waals surface area contributed by atoms with Gasteiger partial charge in [-0.25, -0.2) is 18.1 Å². The molecule has 0 aliphatic heterocycles. The third kappa shape index (κ3) is 4.30. The molecule has 24 heavy (non-hydrogen) atoms. The van der Waals surface area contributed by atoms with Crippen LogP contribution in [0.5, 0.6) is 5.75 Å². The van der Waals surface area contributed by atoms with Gasteiger partial charge in [-0.2, -0.15) is 0 Å². The fourth-order valence-corrected chi connectivity index (χ4v) is 3.20. The Morgan fingerprint density at radius 1 is 1.25 bits per heavy atom. The summed E-state index contributed by atoms with van der Waals surface area (Å²) in [5.41, 5.74) is 0.252. The van der Waals surface area contributed by atoms with E-state index in [1.54, 1.807) is 6.92 Å². The number of anilines is 1. The fraction of sp³-hybridized carbons (Fsp3) is 0.250. The Kier molecular flexibility index (Phi) is 5.53. The molecule has 128 valence electrons. The number of carbonyl (C=O) groups excluding carboxylic acids is 1. The average molecular weight is 349 g/mol. The zero-order chi connectivity index (χ0) is 17.7. The third-order valence-electron chi connectivity index (χ3n) is 3.41. The molecule has 0 bridgehead atoms. The number of hydrogen-bond acceptors (Lipinski definition) is 5. The van der Waals surface area contributed by atoms with E-state index in [0.29, 0.717) is 6.42 Å². The molecule has 0 saturated carbocycles. The number of benzene rings is 1. The number of hydrogen-bond donors (Lipinski definition) is 3. The molecule has 0 radical (unpaired) electrons.